The van der Waals surface area contributed by atoms with Crippen molar-refractivity contribution in [2.75, 3.05) is 36.8 Å². The van der Waals surface area contributed by atoms with Crippen molar-refractivity contribution in [2.45, 2.75) is 0 Å². The van der Waals surface area contributed by atoms with Crippen LogP contribution in [0.1, 0.15) is 0 Å². The summed E-state index contributed by atoms with van der Waals surface area (Å²) < 4.78 is 14.2. The fourth-order valence-corrected chi connectivity index (χ4v) is 2.30. The number of benzene rings is 1. The fourth-order valence-electron chi connectivity index (χ4n) is 2.30. The predicted molar refractivity (Wildman–Crippen MR) is 86.2 cm³/mol. The Labute approximate surface area is 131 Å². The average molecular weight is 343 g/mol. The van der Waals surface area contributed by atoms with E-state index < -0.39 is 13.4 Å². The number of nitrogen functional groups attached to an aromatic ring is 1. The van der Waals surface area contributed by atoms with Gasteiger partial charge in [-0.1, -0.05) is 12.1 Å². The van der Waals surface area contributed by atoms with E-state index in [1.807, 2.05) is 18.2 Å². The number of nitrogens with zero attached hydrogens (tertiary/aromatic N) is 1. The molecule has 9 nitrogen and oxygen atoms in total. The number of nitrogens with one attached hydrogen (secondary N) is 1. The summed E-state index contributed by atoms with van der Waals surface area (Å²) in [7, 11) is -4.64. The molecular weight excluding hydrogens is 325 g/mol. The second-order valence-corrected chi connectivity index (χ2v) is 5.96. The highest BCUT2D eigenvalue weighted by Crippen LogP contribution is 2.27. The second-order valence-electron chi connectivity index (χ2n) is 4.94. The first-order valence-electron chi connectivity index (χ1n) is 6.82. The lowest BCUT2D eigenvalue weighted by Gasteiger charge is -2.29. The molecule has 0 bridgehead atoms. The van der Waals surface area contributed by atoms with Crippen molar-refractivity contribution in [1.29, 1.82) is 0 Å². The van der Waals surface area contributed by atoms with Crippen LogP contribution in [0.3, 0.4) is 0 Å². The molecule has 0 radical (unpaired) electrons. The van der Waals surface area contributed by atoms with Gasteiger partial charge in [0.2, 0.25) is 0 Å². The summed E-state index contributed by atoms with van der Waals surface area (Å²) in [5.41, 5.74) is 6.86. The van der Waals surface area contributed by atoms with Crippen molar-refractivity contribution in [2.24, 2.45) is 0 Å². The Morgan fingerprint density at radius 3 is 2.43 bits per heavy atom. The van der Waals surface area contributed by atoms with E-state index in [1.165, 1.54) is 0 Å². The lowest BCUT2D eigenvalue weighted by molar-refractivity contribution is 0.275. The predicted octanol–water partition coefficient (Wildman–Crippen LogP) is -0.144. The highest BCUT2D eigenvalue weighted by molar-refractivity contribution is 7.45. The minimum Gasteiger partial charge on any atom is -0.419 e. The second kappa shape index (κ2) is 7.12. The van der Waals surface area contributed by atoms with Gasteiger partial charge in [-0.05, 0) is 12.1 Å². The minimum atomic E-state index is -4.64. The standard InChI is InChI=1S/C13H15N3O2.H3O4P/c14-10-8-9-2-1-3-11(12(9)18-13(10)17)16-6-4-15-5-7-16;1-5(2,3)4/h1-3,8,15H,4-7,14H2;(H3,1,2,3,4). The molecule has 3 rings (SSSR count). The summed E-state index contributed by atoms with van der Waals surface area (Å²) in [5, 5.41) is 4.16. The summed E-state index contributed by atoms with van der Waals surface area (Å²) in [6.45, 7) is 3.70. The maximum atomic E-state index is 11.5. The van der Waals surface area contributed by atoms with E-state index in [-0.39, 0.29) is 5.69 Å². The third kappa shape index (κ3) is 5.05. The van der Waals surface area contributed by atoms with E-state index >= 15 is 0 Å². The molecule has 1 aliphatic heterocycles. The fraction of sp³-hybridized carbons (Fsp3) is 0.308. The van der Waals surface area contributed by atoms with Gasteiger partial charge in [0.25, 0.3) is 0 Å². The van der Waals surface area contributed by atoms with Gasteiger partial charge in [-0.3, -0.25) is 0 Å². The molecule has 1 aromatic heterocycles. The Hall–Kier alpha value is -1.90. The molecule has 0 unspecified atom stereocenters. The van der Waals surface area contributed by atoms with Gasteiger partial charge in [-0.15, -0.1) is 0 Å². The molecule has 1 saturated heterocycles. The number of anilines is 2. The van der Waals surface area contributed by atoms with Crippen LogP contribution < -0.4 is 21.6 Å². The number of para-hydroxylation sites is 1. The zero-order valence-electron chi connectivity index (χ0n) is 12.2. The van der Waals surface area contributed by atoms with Gasteiger partial charge >= 0.3 is 13.4 Å². The summed E-state index contributed by atoms with van der Waals surface area (Å²) >= 11 is 0. The Morgan fingerprint density at radius 2 is 1.83 bits per heavy atom. The van der Waals surface area contributed by atoms with Crippen molar-refractivity contribution >= 4 is 30.2 Å². The van der Waals surface area contributed by atoms with E-state index in [9.17, 15) is 4.79 Å². The van der Waals surface area contributed by atoms with Crippen molar-refractivity contribution in [3.05, 3.63) is 34.7 Å². The number of hydrogen-bond donors (Lipinski definition) is 5. The Kier molecular flexibility index (Phi) is 5.40. The van der Waals surface area contributed by atoms with Crippen molar-refractivity contribution < 1.29 is 23.7 Å². The topological polar surface area (TPSA) is 149 Å². The van der Waals surface area contributed by atoms with Crippen LogP contribution in [0.25, 0.3) is 11.0 Å². The summed E-state index contributed by atoms with van der Waals surface area (Å²) in [4.78, 5) is 35.3. The third-order valence-corrected chi connectivity index (χ3v) is 3.22. The maximum absolute atomic E-state index is 11.5. The zero-order chi connectivity index (χ0) is 17.0. The lowest BCUT2D eigenvalue weighted by atomic mass is 10.1. The molecular formula is C13H18N3O6P. The summed E-state index contributed by atoms with van der Waals surface area (Å²) in [6, 6.07) is 7.51. The van der Waals surface area contributed by atoms with Crippen LogP contribution in [0.4, 0.5) is 11.4 Å². The highest BCUT2D eigenvalue weighted by atomic mass is 31.2. The van der Waals surface area contributed by atoms with Crippen LogP contribution in [0.2, 0.25) is 0 Å². The molecule has 0 aliphatic carbocycles. The number of fused-ring (bicyclic) bond motifs is 1. The van der Waals surface area contributed by atoms with Crippen LogP contribution in [0.15, 0.2) is 33.5 Å². The number of piperazine rings is 1. The molecule has 0 saturated carbocycles. The summed E-state index contributed by atoms with van der Waals surface area (Å²) in [6.07, 6.45) is 0. The van der Waals surface area contributed by atoms with Crippen molar-refractivity contribution in [3.8, 4) is 0 Å². The molecule has 0 atom stereocenters. The number of hydrogen-bond acceptors (Lipinski definition) is 6. The minimum absolute atomic E-state index is 0.153. The lowest BCUT2D eigenvalue weighted by Crippen LogP contribution is -2.43. The molecule has 6 N–H and O–H groups in total. The molecule has 126 valence electrons. The molecule has 10 heteroatoms. The summed E-state index contributed by atoms with van der Waals surface area (Å²) in [5.74, 6) is 0. The van der Waals surface area contributed by atoms with Gasteiger partial charge in [0, 0.05) is 31.6 Å². The van der Waals surface area contributed by atoms with Gasteiger partial charge < -0.3 is 35.0 Å². The highest BCUT2D eigenvalue weighted by Gasteiger charge is 2.15. The van der Waals surface area contributed by atoms with Gasteiger partial charge in [0.05, 0.1) is 5.69 Å². The molecule has 1 aliphatic rings. The molecule has 2 aromatic rings. The van der Waals surface area contributed by atoms with E-state index in [0.29, 0.717) is 5.58 Å². The maximum Gasteiger partial charge on any atom is 0.466 e. The first kappa shape index (κ1) is 17.5. The van der Waals surface area contributed by atoms with E-state index in [0.717, 1.165) is 37.3 Å². The van der Waals surface area contributed by atoms with E-state index in [2.05, 4.69) is 10.2 Å². The first-order valence-corrected chi connectivity index (χ1v) is 8.38. The van der Waals surface area contributed by atoms with E-state index in [1.54, 1.807) is 6.07 Å². The number of rotatable bonds is 1. The van der Waals surface area contributed by atoms with Gasteiger partial charge in [-0.25, -0.2) is 9.36 Å². The van der Waals surface area contributed by atoms with Crippen LogP contribution in [-0.4, -0.2) is 40.9 Å². The quantitative estimate of drug-likeness (QED) is 0.352. The van der Waals surface area contributed by atoms with Gasteiger partial charge in [0.15, 0.2) is 5.58 Å². The molecule has 1 aromatic carbocycles. The number of nitrogens with two attached hydrogens (primary N) is 1. The smallest absolute Gasteiger partial charge is 0.419 e. The monoisotopic (exact) mass is 343 g/mol. The molecule has 2 heterocycles. The Morgan fingerprint density at radius 1 is 1.22 bits per heavy atom. The van der Waals surface area contributed by atoms with Crippen LogP contribution in [-0.2, 0) is 4.57 Å². The molecule has 1 fully saturated rings. The normalized spacial score (nSPS) is 15.2. The van der Waals surface area contributed by atoms with E-state index in [4.69, 9.17) is 29.4 Å². The SMILES string of the molecule is Nc1cc2cccc(N3CCNCC3)c2oc1=O.O=P(O)(O)O. The van der Waals surface area contributed by atoms with Crippen molar-refractivity contribution in [1.82, 2.24) is 5.32 Å². The van der Waals surface area contributed by atoms with Crippen LogP contribution in [0, 0.1) is 0 Å². The Balaban J connectivity index is 0.000000338. The average Bonchev–Trinajstić information content (AvgIpc) is 2.47. The third-order valence-electron chi connectivity index (χ3n) is 3.22. The zero-order valence-corrected chi connectivity index (χ0v) is 13.1. The van der Waals surface area contributed by atoms with Gasteiger partial charge in [-0.2, -0.15) is 0 Å². The molecule has 0 amide bonds. The van der Waals surface area contributed by atoms with Crippen LogP contribution >= 0.6 is 7.82 Å². The molecule has 0 spiro atoms. The Bertz CT molecular complexity index is 773. The largest absolute Gasteiger partial charge is 0.466 e. The molecule has 23 heavy (non-hydrogen) atoms. The number of phosphoric acid groups is 1. The first-order chi connectivity index (χ1) is 10.8. The van der Waals surface area contributed by atoms with Crippen LogP contribution in [0.5, 0.6) is 0 Å². The van der Waals surface area contributed by atoms with Crippen molar-refractivity contribution in [3.63, 3.8) is 0 Å². The van der Waals surface area contributed by atoms with Gasteiger partial charge in [0.1, 0.15) is 5.69 Å².